The zero-order valence-corrected chi connectivity index (χ0v) is 19.4. The lowest BCUT2D eigenvalue weighted by molar-refractivity contribution is 0.150. The Morgan fingerprint density at radius 1 is 1.18 bits per heavy atom. The number of guanidine groups is 1. The Bertz CT molecular complexity index is 787. The molecule has 154 valence electrons. The number of aryl methyl sites for hydroxylation is 1. The highest BCUT2D eigenvalue weighted by Crippen LogP contribution is 2.26. The van der Waals surface area contributed by atoms with Crippen LogP contribution in [-0.4, -0.2) is 52.5 Å². The quantitative estimate of drug-likeness (QED) is 0.388. The molecule has 3 heterocycles. The first-order chi connectivity index (χ1) is 13.2. The molecule has 2 aliphatic rings. The van der Waals surface area contributed by atoms with Crippen molar-refractivity contribution >= 4 is 35.6 Å². The molecule has 0 amide bonds. The number of pyridine rings is 1. The summed E-state index contributed by atoms with van der Waals surface area (Å²) in [6.45, 7) is 5.21. The lowest BCUT2D eigenvalue weighted by atomic mass is 10.0. The van der Waals surface area contributed by atoms with E-state index in [4.69, 9.17) is 4.98 Å². The van der Waals surface area contributed by atoms with E-state index in [0.29, 0.717) is 12.6 Å². The van der Waals surface area contributed by atoms with E-state index in [1.807, 2.05) is 19.2 Å². The molecule has 0 atom stereocenters. The normalized spacial score (nSPS) is 19.7. The number of aromatic nitrogens is 2. The Kier molecular flexibility index (Phi) is 7.56. The highest BCUT2D eigenvalue weighted by molar-refractivity contribution is 14.0. The Balaban J connectivity index is 0.00000225. The van der Waals surface area contributed by atoms with Gasteiger partial charge in [0.2, 0.25) is 0 Å². The van der Waals surface area contributed by atoms with Gasteiger partial charge in [0.25, 0.3) is 0 Å². The van der Waals surface area contributed by atoms with Crippen LogP contribution in [0.15, 0.2) is 29.4 Å². The zero-order valence-electron chi connectivity index (χ0n) is 17.0. The number of nitrogens with one attached hydrogen (secondary N) is 2. The number of halogens is 1. The molecule has 1 aliphatic carbocycles. The summed E-state index contributed by atoms with van der Waals surface area (Å²) in [7, 11) is 1.84. The van der Waals surface area contributed by atoms with E-state index in [2.05, 4.69) is 44.1 Å². The number of likely N-dealkylation sites (tertiary alicyclic amines) is 1. The Morgan fingerprint density at radius 2 is 1.93 bits per heavy atom. The molecular formula is C21H33IN6. The number of hydrogen-bond acceptors (Lipinski definition) is 3. The van der Waals surface area contributed by atoms with Gasteiger partial charge in [-0.1, -0.05) is 18.9 Å². The first-order valence-electron chi connectivity index (χ1n) is 10.4. The Hall–Kier alpha value is -1.35. The second kappa shape index (κ2) is 9.91. The minimum atomic E-state index is 0. The second-order valence-electron chi connectivity index (χ2n) is 7.95. The fourth-order valence-electron chi connectivity index (χ4n) is 4.52. The monoisotopic (exact) mass is 496 g/mol. The van der Waals surface area contributed by atoms with Gasteiger partial charge >= 0.3 is 0 Å². The highest BCUT2D eigenvalue weighted by atomic mass is 127. The largest absolute Gasteiger partial charge is 0.354 e. The third-order valence-electron chi connectivity index (χ3n) is 6.12. The number of nitrogens with zero attached hydrogens (tertiary/aromatic N) is 4. The predicted molar refractivity (Wildman–Crippen MR) is 126 cm³/mol. The van der Waals surface area contributed by atoms with E-state index in [9.17, 15) is 0 Å². The number of fused-ring (bicyclic) bond motifs is 1. The predicted octanol–water partition coefficient (Wildman–Crippen LogP) is 3.33. The number of rotatable bonds is 4. The molecule has 0 unspecified atom stereocenters. The van der Waals surface area contributed by atoms with Crippen molar-refractivity contribution in [3.8, 4) is 0 Å². The molecule has 0 spiro atoms. The summed E-state index contributed by atoms with van der Waals surface area (Å²) in [6.07, 6.45) is 10.1. The third-order valence-corrected chi connectivity index (χ3v) is 6.12. The van der Waals surface area contributed by atoms with Crippen LogP contribution >= 0.6 is 24.0 Å². The molecule has 0 radical (unpaired) electrons. The summed E-state index contributed by atoms with van der Waals surface area (Å²) >= 11 is 0. The van der Waals surface area contributed by atoms with Crippen molar-refractivity contribution in [3.05, 3.63) is 35.8 Å². The van der Waals surface area contributed by atoms with Crippen LogP contribution < -0.4 is 10.6 Å². The third kappa shape index (κ3) is 4.97. The van der Waals surface area contributed by atoms with Crippen molar-refractivity contribution in [1.29, 1.82) is 0 Å². The maximum absolute atomic E-state index is 4.69. The van der Waals surface area contributed by atoms with Gasteiger partial charge in [0.1, 0.15) is 5.65 Å². The SMILES string of the molecule is CN=C(NCc1cn2c(C)cccc2n1)NC1CCN(C2CCCC2)CC1.I. The molecule has 2 aromatic heterocycles. The van der Waals surface area contributed by atoms with Gasteiger partial charge in [0.05, 0.1) is 12.2 Å². The number of hydrogen-bond donors (Lipinski definition) is 2. The average Bonchev–Trinajstić information content (AvgIpc) is 3.36. The smallest absolute Gasteiger partial charge is 0.191 e. The Labute approximate surface area is 185 Å². The van der Waals surface area contributed by atoms with Gasteiger partial charge in [0.15, 0.2) is 5.96 Å². The van der Waals surface area contributed by atoms with Gasteiger partial charge in [-0.05, 0) is 44.7 Å². The van der Waals surface area contributed by atoms with Gasteiger partial charge in [-0.25, -0.2) is 4.98 Å². The lowest BCUT2D eigenvalue weighted by Gasteiger charge is -2.36. The van der Waals surface area contributed by atoms with Crippen molar-refractivity contribution in [3.63, 3.8) is 0 Å². The van der Waals surface area contributed by atoms with Gasteiger partial charge in [-0.3, -0.25) is 4.99 Å². The van der Waals surface area contributed by atoms with Gasteiger partial charge in [0, 0.05) is 44.1 Å². The second-order valence-corrected chi connectivity index (χ2v) is 7.95. The van der Waals surface area contributed by atoms with Crippen LogP contribution in [0.5, 0.6) is 0 Å². The van der Waals surface area contributed by atoms with Crippen LogP contribution in [0.25, 0.3) is 5.65 Å². The van der Waals surface area contributed by atoms with Crippen LogP contribution in [-0.2, 0) is 6.54 Å². The molecule has 6 nitrogen and oxygen atoms in total. The summed E-state index contributed by atoms with van der Waals surface area (Å²) < 4.78 is 2.13. The van der Waals surface area contributed by atoms with Crippen LogP contribution in [0.4, 0.5) is 0 Å². The summed E-state index contributed by atoms with van der Waals surface area (Å²) in [4.78, 5) is 11.8. The molecule has 2 N–H and O–H groups in total. The maximum atomic E-state index is 4.69. The molecule has 28 heavy (non-hydrogen) atoms. The average molecular weight is 496 g/mol. The van der Waals surface area contributed by atoms with Crippen molar-refractivity contribution < 1.29 is 0 Å². The topological polar surface area (TPSA) is 57.0 Å². The first-order valence-corrected chi connectivity index (χ1v) is 10.4. The molecule has 0 bridgehead atoms. The highest BCUT2D eigenvalue weighted by Gasteiger charge is 2.27. The number of piperidine rings is 1. The van der Waals surface area contributed by atoms with Gasteiger partial charge in [-0.2, -0.15) is 0 Å². The zero-order chi connectivity index (χ0) is 18.6. The standard InChI is InChI=1S/C21H32N6.HI/c1-16-6-5-9-20-24-18(15-27(16)20)14-23-21(22-2)25-17-10-12-26(13-11-17)19-7-3-4-8-19;/h5-6,9,15,17,19H,3-4,7-8,10-14H2,1-2H3,(H2,22,23,25);1H. The van der Waals surface area contributed by atoms with E-state index in [1.54, 1.807) is 0 Å². The molecule has 2 aromatic rings. The first kappa shape index (κ1) is 21.4. The molecule has 1 saturated heterocycles. The summed E-state index contributed by atoms with van der Waals surface area (Å²) in [5, 5.41) is 7.04. The van der Waals surface area contributed by atoms with E-state index < -0.39 is 0 Å². The lowest BCUT2D eigenvalue weighted by Crippen LogP contribution is -2.50. The minimum absolute atomic E-state index is 0. The molecule has 1 saturated carbocycles. The van der Waals surface area contributed by atoms with Crippen molar-refractivity contribution in [2.45, 2.75) is 64.1 Å². The fourth-order valence-corrected chi connectivity index (χ4v) is 4.52. The van der Waals surface area contributed by atoms with E-state index in [1.165, 1.54) is 57.3 Å². The Morgan fingerprint density at radius 3 is 2.61 bits per heavy atom. The minimum Gasteiger partial charge on any atom is -0.354 e. The summed E-state index contributed by atoms with van der Waals surface area (Å²) in [5.41, 5.74) is 3.22. The van der Waals surface area contributed by atoms with Gasteiger partial charge in [-0.15, -0.1) is 24.0 Å². The van der Waals surface area contributed by atoms with Crippen LogP contribution in [0.3, 0.4) is 0 Å². The van der Waals surface area contributed by atoms with Crippen molar-refractivity contribution in [2.75, 3.05) is 20.1 Å². The fraction of sp³-hybridized carbons (Fsp3) is 0.619. The van der Waals surface area contributed by atoms with Crippen LogP contribution in [0.2, 0.25) is 0 Å². The molecule has 2 fully saturated rings. The van der Waals surface area contributed by atoms with E-state index in [-0.39, 0.29) is 24.0 Å². The van der Waals surface area contributed by atoms with E-state index >= 15 is 0 Å². The molecule has 0 aromatic carbocycles. The molecular weight excluding hydrogens is 463 g/mol. The van der Waals surface area contributed by atoms with Crippen molar-refractivity contribution in [2.24, 2.45) is 4.99 Å². The molecule has 1 aliphatic heterocycles. The number of aliphatic imine (C=N–C) groups is 1. The summed E-state index contributed by atoms with van der Waals surface area (Å²) in [5.74, 6) is 0.878. The number of imidazole rings is 1. The molecule has 4 rings (SSSR count). The maximum Gasteiger partial charge on any atom is 0.191 e. The van der Waals surface area contributed by atoms with Crippen LogP contribution in [0, 0.1) is 6.92 Å². The van der Waals surface area contributed by atoms with Crippen molar-refractivity contribution in [1.82, 2.24) is 24.9 Å². The molecule has 7 heteroatoms. The van der Waals surface area contributed by atoms with E-state index in [0.717, 1.165) is 23.3 Å². The van der Waals surface area contributed by atoms with Crippen LogP contribution in [0.1, 0.15) is 49.9 Å². The van der Waals surface area contributed by atoms with Gasteiger partial charge < -0.3 is 19.9 Å². The summed E-state index contributed by atoms with van der Waals surface area (Å²) in [6, 6.07) is 7.55.